The Morgan fingerprint density at radius 2 is 0.640 bits per heavy atom. The van der Waals surface area contributed by atoms with Gasteiger partial charge in [-0.05, 0) is 86.5 Å². The lowest BCUT2D eigenvalue weighted by molar-refractivity contribution is 1.81. The first-order valence-electron chi connectivity index (χ1n) is 14.2. The van der Waals surface area contributed by atoms with Gasteiger partial charge < -0.3 is 0 Å². The highest BCUT2D eigenvalue weighted by molar-refractivity contribution is 8.42. The zero-order valence-electron chi connectivity index (χ0n) is 27.8. The van der Waals surface area contributed by atoms with Crippen molar-refractivity contribution in [3.8, 4) is 0 Å². The standard InChI is InChI=1S/C32H30S18/c1-33-25-26(34-2)44-19(43-25)13-15-9-11-17(41-15)21(23-47-29(37-5)30(38-6)48-23)22(24-49-31(39-7)32(40-8)50-24)18-12-10-16(42-18)14-20-45-27(35-3)28(36-4)46-20/h9-14H,1-8H3. The number of allylic oxidation sites excluding steroid dienone is 2. The van der Waals surface area contributed by atoms with Crippen LogP contribution < -0.4 is 0 Å². The molecule has 0 bridgehead atoms. The summed E-state index contributed by atoms with van der Waals surface area (Å²) in [5, 5.41) is 0. The van der Waals surface area contributed by atoms with Crippen molar-refractivity contribution in [3.63, 3.8) is 0 Å². The molecule has 0 spiro atoms. The molecule has 0 atom stereocenters. The molecule has 0 aromatic carbocycles. The Bertz CT molecular complexity index is 1680. The molecule has 4 aliphatic heterocycles. The first kappa shape index (κ1) is 42.5. The summed E-state index contributed by atoms with van der Waals surface area (Å²) in [5.74, 6) is 0. The number of thioether (sulfide) groups is 16. The zero-order valence-corrected chi connectivity index (χ0v) is 42.5. The highest BCUT2D eigenvalue weighted by Crippen LogP contribution is 2.65. The van der Waals surface area contributed by atoms with E-state index in [0.29, 0.717) is 0 Å². The molecule has 0 unspecified atom stereocenters. The van der Waals surface area contributed by atoms with Gasteiger partial charge in [-0.25, -0.2) is 0 Å². The van der Waals surface area contributed by atoms with Gasteiger partial charge in [0.05, 0.1) is 50.8 Å². The lowest BCUT2D eigenvalue weighted by atomic mass is 10.1. The van der Waals surface area contributed by atoms with Gasteiger partial charge >= 0.3 is 0 Å². The fraction of sp³-hybridized carbons (Fsp3) is 0.250. The van der Waals surface area contributed by atoms with Gasteiger partial charge in [0.1, 0.15) is 0 Å². The fourth-order valence-electron chi connectivity index (χ4n) is 4.45. The topological polar surface area (TPSA) is 0 Å². The van der Waals surface area contributed by atoms with Crippen LogP contribution in [-0.2, 0) is 0 Å². The van der Waals surface area contributed by atoms with Crippen LogP contribution in [0, 0.1) is 0 Å². The van der Waals surface area contributed by atoms with E-state index in [1.165, 1.54) is 81.5 Å². The minimum Gasteiger partial charge on any atom is -0.136 e. The Morgan fingerprint density at radius 1 is 0.380 bits per heavy atom. The van der Waals surface area contributed by atoms with Crippen molar-refractivity contribution < 1.29 is 0 Å². The third kappa shape index (κ3) is 9.95. The summed E-state index contributed by atoms with van der Waals surface area (Å²) >= 11 is 34.3. The third-order valence-corrected chi connectivity index (χ3v) is 29.3. The summed E-state index contributed by atoms with van der Waals surface area (Å²) < 4.78 is 16.8. The maximum atomic E-state index is 2.40. The van der Waals surface area contributed by atoms with Crippen molar-refractivity contribution in [1.82, 2.24) is 0 Å². The van der Waals surface area contributed by atoms with Crippen LogP contribution in [0.3, 0.4) is 0 Å². The molecule has 4 aliphatic rings. The molecule has 0 amide bonds. The summed E-state index contributed by atoms with van der Waals surface area (Å²) in [4.78, 5) is 5.30. The maximum Gasteiger partial charge on any atom is 0.0657 e. The summed E-state index contributed by atoms with van der Waals surface area (Å²) in [5.41, 5.74) is 2.76. The van der Waals surface area contributed by atoms with Crippen LogP contribution >= 0.6 is 211 Å². The summed E-state index contributed by atoms with van der Waals surface area (Å²) in [6, 6.07) is 9.43. The fourth-order valence-corrected chi connectivity index (χ4v) is 27.1. The molecule has 50 heavy (non-hydrogen) atoms. The highest BCUT2D eigenvalue weighted by Gasteiger charge is 2.33. The number of hydrogen-bond donors (Lipinski definition) is 0. The van der Waals surface area contributed by atoms with Crippen LogP contribution in [0.15, 0.2) is 75.1 Å². The van der Waals surface area contributed by atoms with Gasteiger partial charge in [-0.3, -0.25) is 0 Å². The molecule has 2 aromatic rings. The molecule has 6 heterocycles. The van der Waals surface area contributed by atoms with E-state index < -0.39 is 0 Å². The van der Waals surface area contributed by atoms with Crippen molar-refractivity contribution in [3.05, 3.63) is 94.6 Å². The van der Waals surface area contributed by atoms with Gasteiger partial charge in [0.2, 0.25) is 0 Å². The molecular weight excluding hydrogens is 962 g/mol. The first-order chi connectivity index (χ1) is 24.4. The Labute approximate surface area is 373 Å². The molecule has 18 heteroatoms. The zero-order chi connectivity index (χ0) is 35.4. The second-order valence-electron chi connectivity index (χ2n) is 9.40. The average Bonchev–Trinajstić information content (AvgIpc) is 3.99. The van der Waals surface area contributed by atoms with Crippen molar-refractivity contribution >= 4 is 234 Å². The molecule has 266 valence electrons. The van der Waals surface area contributed by atoms with E-state index in [9.17, 15) is 0 Å². The Hall–Kier alpha value is 2.92. The predicted molar refractivity (Wildman–Crippen MR) is 275 cm³/mol. The summed E-state index contributed by atoms with van der Waals surface area (Å²) in [6.07, 6.45) is 22.4. The molecule has 0 radical (unpaired) electrons. The Kier molecular flexibility index (Phi) is 17.5. The van der Waals surface area contributed by atoms with Crippen molar-refractivity contribution in [2.45, 2.75) is 0 Å². The van der Waals surface area contributed by atoms with Crippen LogP contribution in [-0.4, -0.2) is 50.0 Å². The third-order valence-electron chi connectivity index (χ3n) is 6.59. The van der Waals surface area contributed by atoms with Gasteiger partial charge in [0.25, 0.3) is 0 Å². The molecule has 0 aliphatic carbocycles. The molecule has 0 fully saturated rings. The van der Waals surface area contributed by atoms with Crippen LogP contribution in [0.4, 0.5) is 0 Å². The number of rotatable bonds is 13. The summed E-state index contributed by atoms with van der Waals surface area (Å²) in [7, 11) is 0. The SMILES string of the molecule is CSC1=C(SC)SC(=Cc2ccc(C(=C3SC(SC)=C(SC)S3)C(=C3SC(SC)=C(SC)S3)c3ccc(C=C4SC(SC)=C(SC)S4)s3)s2)S1. The number of hydrogen-bond acceptors (Lipinski definition) is 18. The molecular formula is C32H30S18. The number of thiophene rings is 2. The van der Waals surface area contributed by atoms with Crippen molar-refractivity contribution in [1.29, 1.82) is 0 Å². The highest BCUT2D eigenvalue weighted by atomic mass is 32.3. The second-order valence-corrected chi connectivity index (χ2v) is 29.6. The van der Waals surface area contributed by atoms with Gasteiger partial charge in [-0.2, -0.15) is 0 Å². The maximum absolute atomic E-state index is 2.40. The van der Waals surface area contributed by atoms with Crippen LogP contribution in [0.1, 0.15) is 19.5 Å². The van der Waals surface area contributed by atoms with E-state index in [4.69, 9.17) is 0 Å². The van der Waals surface area contributed by atoms with E-state index >= 15 is 0 Å². The van der Waals surface area contributed by atoms with Crippen LogP contribution in [0.25, 0.3) is 23.3 Å². The average molecular weight is 992 g/mol. The van der Waals surface area contributed by atoms with Crippen LogP contribution in [0.5, 0.6) is 0 Å². The molecule has 0 nitrogen and oxygen atoms in total. The molecule has 0 N–H and O–H groups in total. The van der Waals surface area contributed by atoms with Gasteiger partial charge in [0, 0.05) is 30.7 Å². The van der Waals surface area contributed by atoms with E-state index in [0.717, 1.165) is 0 Å². The van der Waals surface area contributed by atoms with Crippen molar-refractivity contribution in [2.24, 2.45) is 0 Å². The van der Waals surface area contributed by atoms with Gasteiger partial charge in [0.15, 0.2) is 0 Å². The normalized spacial score (nSPS) is 18.3. The minimum atomic E-state index is 1.31. The molecule has 6 rings (SSSR count). The lowest BCUT2D eigenvalue weighted by Gasteiger charge is -2.16. The summed E-state index contributed by atoms with van der Waals surface area (Å²) in [6.45, 7) is 0. The van der Waals surface area contributed by atoms with Crippen molar-refractivity contribution in [2.75, 3.05) is 50.0 Å². The molecule has 2 aromatic heterocycles. The van der Waals surface area contributed by atoms with E-state index in [1.54, 1.807) is 0 Å². The van der Waals surface area contributed by atoms with Gasteiger partial charge in [-0.1, -0.05) is 94.1 Å². The van der Waals surface area contributed by atoms with E-state index in [-0.39, 0.29) is 0 Å². The molecule has 0 saturated heterocycles. The smallest absolute Gasteiger partial charge is 0.0657 e. The largest absolute Gasteiger partial charge is 0.136 e. The minimum absolute atomic E-state index is 1.31. The quantitative estimate of drug-likeness (QED) is 0.187. The monoisotopic (exact) mass is 990 g/mol. The van der Waals surface area contributed by atoms with E-state index in [2.05, 4.69) is 86.5 Å². The van der Waals surface area contributed by atoms with Gasteiger partial charge in [-0.15, -0.1) is 117 Å². The second kappa shape index (κ2) is 20.6. The van der Waals surface area contributed by atoms with Crippen LogP contribution in [0.2, 0.25) is 0 Å². The predicted octanol–water partition coefficient (Wildman–Crippen LogP) is 17.8. The van der Waals surface area contributed by atoms with E-state index in [1.807, 2.05) is 211 Å². The first-order valence-corrected chi connectivity index (χ1v) is 32.2. The molecule has 0 saturated carbocycles. The lowest BCUT2D eigenvalue weighted by Crippen LogP contribution is -1.91. The Balaban J connectivity index is 1.46. The Morgan fingerprint density at radius 3 is 0.900 bits per heavy atom.